The van der Waals surface area contributed by atoms with Crippen LogP contribution in [0.2, 0.25) is 0 Å². The molecule has 160 valence electrons. The Bertz CT molecular complexity index is 875. The number of halogens is 1. The molecule has 2 aromatic rings. The summed E-state index contributed by atoms with van der Waals surface area (Å²) in [5.41, 5.74) is 4.31. The Hall–Kier alpha value is -2.26. The van der Waals surface area contributed by atoms with Gasteiger partial charge in [0, 0.05) is 35.5 Å². The van der Waals surface area contributed by atoms with Crippen molar-refractivity contribution in [1.82, 2.24) is 10.2 Å². The molecule has 1 fully saturated rings. The van der Waals surface area contributed by atoms with Gasteiger partial charge >= 0.3 is 0 Å². The standard InChI is InChI=1S/C15H21N3O2.C7H6BrNO/c1-18-5-4-10-6-12(3-2-11(10)9-18)17-15(20)14-7-13(19)8-16-14;8-6-1-3-7(4-2-6)9-5-10/h2-3,6,13-14,16,19H,4-5,7-9H2,1H3,(H,17,20);1-5H,(H,9,10). The summed E-state index contributed by atoms with van der Waals surface area (Å²) in [6.45, 7) is 2.52. The first kappa shape index (κ1) is 22.4. The van der Waals surface area contributed by atoms with Crippen LogP contribution in [0.3, 0.4) is 0 Å². The van der Waals surface area contributed by atoms with Crippen molar-refractivity contribution >= 4 is 39.6 Å². The van der Waals surface area contributed by atoms with E-state index in [4.69, 9.17) is 0 Å². The van der Waals surface area contributed by atoms with E-state index in [0.29, 0.717) is 19.4 Å². The molecule has 2 aliphatic rings. The summed E-state index contributed by atoms with van der Waals surface area (Å²) in [5.74, 6) is -0.0607. The lowest BCUT2D eigenvalue weighted by atomic mass is 9.99. The van der Waals surface area contributed by atoms with Crippen molar-refractivity contribution in [3.63, 3.8) is 0 Å². The zero-order chi connectivity index (χ0) is 21.5. The van der Waals surface area contributed by atoms with Gasteiger partial charge in [0.1, 0.15) is 0 Å². The highest BCUT2D eigenvalue weighted by Crippen LogP contribution is 2.22. The molecular weight excluding hydrogens is 448 g/mol. The van der Waals surface area contributed by atoms with E-state index in [-0.39, 0.29) is 11.9 Å². The minimum atomic E-state index is -0.412. The largest absolute Gasteiger partial charge is 0.392 e. The fourth-order valence-corrected chi connectivity index (χ4v) is 3.80. The first-order valence-corrected chi connectivity index (χ1v) is 10.7. The number of nitrogens with zero attached hydrogens (tertiary/aromatic N) is 1. The van der Waals surface area contributed by atoms with Crippen LogP contribution in [-0.4, -0.2) is 54.6 Å². The number of fused-ring (bicyclic) bond motifs is 1. The molecule has 2 aromatic carbocycles. The highest BCUT2D eigenvalue weighted by atomic mass is 79.9. The number of hydrogen-bond acceptors (Lipinski definition) is 5. The molecule has 2 amide bonds. The monoisotopic (exact) mass is 474 g/mol. The van der Waals surface area contributed by atoms with E-state index in [9.17, 15) is 14.7 Å². The Balaban J connectivity index is 0.000000216. The molecule has 0 aromatic heterocycles. The molecule has 8 heteroatoms. The summed E-state index contributed by atoms with van der Waals surface area (Å²) in [6.07, 6.45) is 1.76. The smallest absolute Gasteiger partial charge is 0.241 e. The predicted molar refractivity (Wildman–Crippen MR) is 121 cm³/mol. The first-order chi connectivity index (χ1) is 14.4. The zero-order valence-electron chi connectivity index (χ0n) is 16.9. The Morgan fingerprint density at radius 1 is 1.20 bits per heavy atom. The number of nitrogens with one attached hydrogen (secondary N) is 3. The van der Waals surface area contributed by atoms with Crippen molar-refractivity contribution in [3.05, 3.63) is 58.1 Å². The van der Waals surface area contributed by atoms with Crippen LogP contribution >= 0.6 is 15.9 Å². The van der Waals surface area contributed by atoms with Crippen LogP contribution in [0.15, 0.2) is 46.9 Å². The van der Waals surface area contributed by atoms with Gasteiger partial charge in [-0.1, -0.05) is 22.0 Å². The maximum Gasteiger partial charge on any atom is 0.241 e. The number of rotatable bonds is 4. The molecule has 30 heavy (non-hydrogen) atoms. The minimum Gasteiger partial charge on any atom is -0.392 e. The van der Waals surface area contributed by atoms with Gasteiger partial charge in [-0.25, -0.2) is 0 Å². The third-order valence-corrected chi connectivity index (χ3v) is 5.70. The molecule has 2 heterocycles. The van der Waals surface area contributed by atoms with Crippen LogP contribution < -0.4 is 16.0 Å². The van der Waals surface area contributed by atoms with E-state index in [2.05, 4.69) is 56.0 Å². The van der Waals surface area contributed by atoms with Gasteiger partial charge in [-0.3, -0.25) is 9.59 Å². The number of likely N-dealkylation sites (N-methyl/N-ethyl adjacent to an activating group) is 1. The van der Waals surface area contributed by atoms with E-state index in [0.717, 1.165) is 35.4 Å². The molecule has 7 nitrogen and oxygen atoms in total. The van der Waals surface area contributed by atoms with Gasteiger partial charge in [-0.2, -0.15) is 0 Å². The summed E-state index contributed by atoms with van der Waals surface area (Å²) in [6, 6.07) is 13.2. The van der Waals surface area contributed by atoms with Crippen molar-refractivity contribution in [2.45, 2.75) is 31.5 Å². The van der Waals surface area contributed by atoms with Crippen LogP contribution in [0.1, 0.15) is 17.5 Å². The quantitative estimate of drug-likeness (QED) is 0.510. The Morgan fingerprint density at radius 3 is 2.60 bits per heavy atom. The fraction of sp³-hybridized carbons (Fsp3) is 0.364. The van der Waals surface area contributed by atoms with Crippen LogP contribution in [0, 0.1) is 0 Å². The van der Waals surface area contributed by atoms with Crippen molar-refractivity contribution in [1.29, 1.82) is 0 Å². The van der Waals surface area contributed by atoms with Gasteiger partial charge in [-0.15, -0.1) is 0 Å². The average molecular weight is 475 g/mol. The molecule has 1 saturated heterocycles. The topological polar surface area (TPSA) is 93.7 Å². The van der Waals surface area contributed by atoms with Crippen molar-refractivity contribution in [2.24, 2.45) is 0 Å². The summed E-state index contributed by atoms with van der Waals surface area (Å²) in [4.78, 5) is 24.3. The normalized spacial score (nSPS) is 20.5. The number of aliphatic hydroxyl groups excluding tert-OH is 1. The van der Waals surface area contributed by atoms with Gasteiger partial charge < -0.3 is 26.0 Å². The lowest BCUT2D eigenvalue weighted by Crippen LogP contribution is -2.35. The Labute approximate surface area is 185 Å². The van der Waals surface area contributed by atoms with E-state index in [1.165, 1.54) is 11.1 Å². The van der Waals surface area contributed by atoms with Gasteiger partial charge in [-0.05, 0) is 67.4 Å². The van der Waals surface area contributed by atoms with Crippen LogP contribution in [0.4, 0.5) is 11.4 Å². The van der Waals surface area contributed by atoms with Gasteiger partial charge in [0.2, 0.25) is 12.3 Å². The Morgan fingerprint density at radius 2 is 1.93 bits per heavy atom. The molecular formula is C22H27BrN4O3. The third kappa shape index (κ3) is 6.37. The van der Waals surface area contributed by atoms with E-state index >= 15 is 0 Å². The average Bonchev–Trinajstić information content (AvgIpc) is 3.17. The SMILES string of the molecule is CN1CCc2cc(NC(=O)C3CC(O)CN3)ccc2C1.O=CNc1ccc(Br)cc1. The van der Waals surface area contributed by atoms with Crippen molar-refractivity contribution in [3.8, 4) is 0 Å². The molecule has 4 rings (SSSR count). The second-order valence-electron chi connectivity index (χ2n) is 7.58. The molecule has 0 spiro atoms. The maximum atomic E-state index is 12.1. The summed E-state index contributed by atoms with van der Waals surface area (Å²) < 4.78 is 1.00. The minimum absolute atomic E-state index is 0.0607. The second kappa shape index (κ2) is 10.7. The van der Waals surface area contributed by atoms with E-state index in [1.54, 1.807) is 0 Å². The number of benzene rings is 2. The highest BCUT2D eigenvalue weighted by molar-refractivity contribution is 9.10. The fourth-order valence-electron chi connectivity index (χ4n) is 3.53. The molecule has 0 saturated carbocycles. The van der Waals surface area contributed by atoms with Crippen molar-refractivity contribution in [2.75, 3.05) is 30.8 Å². The third-order valence-electron chi connectivity index (χ3n) is 5.17. The summed E-state index contributed by atoms with van der Waals surface area (Å²) in [5, 5.41) is 17.9. The molecule has 0 radical (unpaired) electrons. The number of amides is 2. The molecule has 4 N–H and O–H groups in total. The van der Waals surface area contributed by atoms with E-state index < -0.39 is 6.10 Å². The van der Waals surface area contributed by atoms with Gasteiger partial charge in [0.05, 0.1) is 12.1 Å². The van der Waals surface area contributed by atoms with Gasteiger partial charge in [0.25, 0.3) is 0 Å². The molecule has 0 bridgehead atoms. The summed E-state index contributed by atoms with van der Waals surface area (Å²) >= 11 is 3.28. The zero-order valence-corrected chi connectivity index (χ0v) is 18.5. The lowest BCUT2D eigenvalue weighted by Gasteiger charge is -2.25. The van der Waals surface area contributed by atoms with Gasteiger partial charge in [0.15, 0.2) is 0 Å². The van der Waals surface area contributed by atoms with Crippen LogP contribution in [-0.2, 0) is 22.6 Å². The number of hydrogen-bond donors (Lipinski definition) is 4. The molecule has 2 unspecified atom stereocenters. The predicted octanol–water partition coefficient (Wildman–Crippen LogP) is 2.35. The number of carbonyl (C=O) groups is 2. The van der Waals surface area contributed by atoms with Crippen molar-refractivity contribution < 1.29 is 14.7 Å². The number of aliphatic hydroxyl groups is 1. The lowest BCUT2D eigenvalue weighted by molar-refractivity contribution is -0.118. The first-order valence-electron chi connectivity index (χ1n) is 9.93. The second-order valence-corrected chi connectivity index (χ2v) is 8.50. The van der Waals surface area contributed by atoms with Crippen LogP contribution in [0.5, 0.6) is 0 Å². The molecule has 2 atom stereocenters. The molecule has 2 aliphatic heterocycles. The maximum absolute atomic E-state index is 12.1. The van der Waals surface area contributed by atoms with Crippen LogP contribution in [0.25, 0.3) is 0 Å². The Kier molecular flexibility index (Phi) is 7.98. The molecule has 0 aliphatic carbocycles. The number of anilines is 2. The number of carbonyl (C=O) groups excluding carboxylic acids is 2. The summed E-state index contributed by atoms with van der Waals surface area (Å²) in [7, 11) is 2.12. The number of β-amino-alcohol motifs (C(OH)–C–C–N with tert-alkyl or cyclic N) is 1. The van der Waals surface area contributed by atoms with E-state index in [1.807, 2.05) is 30.3 Å². The highest BCUT2D eigenvalue weighted by Gasteiger charge is 2.28.